The van der Waals surface area contributed by atoms with E-state index in [0.29, 0.717) is 12.0 Å². The Labute approximate surface area is 126 Å². The molecule has 0 saturated heterocycles. The molecule has 20 heavy (non-hydrogen) atoms. The fourth-order valence-corrected chi connectivity index (χ4v) is 3.66. The van der Waals surface area contributed by atoms with E-state index in [1.807, 2.05) is 6.07 Å². The van der Waals surface area contributed by atoms with Crippen LogP contribution < -0.4 is 5.32 Å². The lowest BCUT2D eigenvalue weighted by Crippen LogP contribution is -2.41. The Bertz CT molecular complexity index is 435. The second-order valence-corrected chi connectivity index (χ2v) is 6.37. The molecule has 3 atom stereocenters. The van der Waals surface area contributed by atoms with Gasteiger partial charge in [0.15, 0.2) is 0 Å². The highest BCUT2D eigenvalue weighted by atomic mass is 35.5. The molecule has 0 aliphatic heterocycles. The van der Waals surface area contributed by atoms with Crippen LogP contribution in [0.5, 0.6) is 0 Å². The number of hydrogen-bond acceptors (Lipinski definition) is 1. The van der Waals surface area contributed by atoms with Gasteiger partial charge in [-0.2, -0.15) is 0 Å². The van der Waals surface area contributed by atoms with Gasteiger partial charge >= 0.3 is 0 Å². The van der Waals surface area contributed by atoms with Crippen molar-refractivity contribution in [2.45, 2.75) is 52.0 Å². The van der Waals surface area contributed by atoms with E-state index < -0.39 is 0 Å². The highest BCUT2D eigenvalue weighted by Crippen LogP contribution is 2.34. The fraction of sp³-hybridized carbons (Fsp3) is 0.647. The largest absolute Gasteiger partial charge is 0.314 e. The monoisotopic (exact) mass is 297 g/mol. The predicted octanol–water partition coefficient (Wildman–Crippen LogP) is 4.83. The van der Waals surface area contributed by atoms with E-state index in [1.54, 1.807) is 6.07 Å². The molecule has 1 aromatic carbocycles. The maximum atomic E-state index is 13.2. The summed E-state index contributed by atoms with van der Waals surface area (Å²) in [7, 11) is 0. The molecular formula is C17H25ClFN. The summed E-state index contributed by atoms with van der Waals surface area (Å²) in [4.78, 5) is 0. The average molecular weight is 298 g/mol. The van der Waals surface area contributed by atoms with Gasteiger partial charge < -0.3 is 5.32 Å². The van der Waals surface area contributed by atoms with Gasteiger partial charge in [-0.25, -0.2) is 4.39 Å². The van der Waals surface area contributed by atoms with Crippen molar-refractivity contribution in [3.8, 4) is 0 Å². The van der Waals surface area contributed by atoms with Crippen molar-refractivity contribution < 1.29 is 4.39 Å². The molecule has 0 bridgehead atoms. The smallest absolute Gasteiger partial charge is 0.141 e. The zero-order chi connectivity index (χ0) is 14.5. The minimum Gasteiger partial charge on any atom is -0.314 e. The minimum atomic E-state index is -0.325. The van der Waals surface area contributed by atoms with Crippen LogP contribution >= 0.6 is 11.6 Å². The van der Waals surface area contributed by atoms with Crippen LogP contribution in [0.4, 0.5) is 4.39 Å². The molecule has 0 amide bonds. The fourth-order valence-electron chi connectivity index (χ4n) is 3.46. The van der Waals surface area contributed by atoms with E-state index in [1.165, 1.54) is 31.7 Å². The lowest BCUT2D eigenvalue weighted by Gasteiger charge is -2.36. The maximum absolute atomic E-state index is 13.2. The summed E-state index contributed by atoms with van der Waals surface area (Å²) in [6.45, 7) is 5.46. The van der Waals surface area contributed by atoms with Crippen molar-refractivity contribution in [2.24, 2.45) is 11.8 Å². The maximum Gasteiger partial charge on any atom is 0.141 e. The summed E-state index contributed by atoms with van der Waals surface area (Å²) in [5.41, 5.74) is 1.15. The van der Waals surface area contributed by atoms with Crippen molar-refractivity contribution in [1.29, 1.82) is 0 Å². The molecule has 1 aromatic rings. The molecule has 1 aliphatic carbocycles. The van der Waals surface area contributed by atoms with Crippen LogP contribution in [-0.2, 0) is 6.42 Å². The zero-order valence-corrected chi connectivity index (χ0v) is 13.2. The highest BCUT2D eigenvalue weighted by molar-refractivity contribution is 6.30. The summed E-state index contributed by atoms with van der Waals surface area (Å²) < 4.78 is 13.2. The van der Waals surface area contributed by atoms with Gasteiger partial charge in [-0.3, -0.25) is 0 Å². The van der Waals surface area contributed by atoms with Gasteiger partial charge in [-0.1, -0.05) is 37.9 Å². The molecule has 3 heteroatoms. The Kier molecular flexibility index (Phi) is 5.86. The lowest BCUT2D eigenvalue weighted by atomic mass is 9.74. The molecule has 0 radical (unpaired) electrons. The molecule has 2 rings (SSSR count). The number of rotatable bonds is 5. The van der Waals surface area contributed by atoms with E-state index in [2.05, 4.69) is 19.2 Å². The third-order valence-electron chi connectivity index (χ3n) is 4.62. The summed E-state index contributed by atoms with van der Waals surface area (Å²) in [6.07, 6.45) is 6.11. The third kappa shape index (κ3) is 3.95. The first-order valence-electron chi connectivity index (χ1n) is 7.81. The van der Waals surface area contributed by atoms with Crippen LogP contribution in [0.25, 0.3) is 0 Å². The Hall–Kier alpha value is -0.600. The minimum absolute atomic E-state index is 0.241. The molecular weight excluding hydrogens is 273 g/mol. The number of nitrogens with one attached hydrogen (secondary N) is 1. The van der Waals surface area contributed by atoms with Crippen molar-refractivity contribution in [3.05, 3.63) is 34.6 Å². The average Bonchev–Trinajstić information content (AvgIpc) is 2.45. The van der Waals surface area contributed by atoms with E-state index in [-0.39, 0.29) is 10.8 Å². The Morgan fingerprint density at radius 3 is 2.75 bits per heavy atom. The molecule has 3 unspecified atom stereocenters. The van der Waals surface area contributed by atoms with Gasteiger partial charge in [0, 0.05) is 6.04 Å². The van der Waals surface area contributed by atoms with Crippen molar-refractivity contribution in [3.63, 3.8) is 0 Å². The van der Waals surface area contributed by atoms with Crippen LogP contribution in [0.15, 0.2) is 18.2 Å². The van der Waals surface area contributed by atoms with Crippen LogP contribution in [0.3, 0.4) is 0 Å². The lowest BCUT2D eigenvalue weighted by molar-refractivity contribution is 0.200. The van der Waals surface area contributed by atoms with Gasteiger partial charge in [-0.15, -0.1) is 0 Å². The summed E-state index contributed by atoms with van der Waals surface area (Å²) in [5.74, 6) is 1.15. The molecule has 1 saturated carbocycles. The van der Waals surface area contributed by atoms with Gasteiger partial charge in [0.2, 0.25) is 0 Å². The molecule has 1 aliphatic rings. The summed E-state index contributed by atoms with van der Waals surface area (Å²) in [5, 5.41) is 3.86. The standard InChI is InChI=1S/C17H25ClFN/c1-3-12-6-8-17(20-4-2)14(9-12)10-13-5-7-16(19)15(18)11-13/h5,7,11-12,14,17,20H,3-4,6,8-10H2,1-2H3. The quantitative estimate of drug-likeness (QED) is 0.821. The topological polar surface area (TPSA) is 12.0 Å². The second kappa shape index (κ2) is 7.42. The molecule has 1 N–H and O–H groups in total. The normalized spacial score (nSPS) is 26.7. The third-order valence-corrected chi connectivity index (χ3v) is 4.91. The first kappa shape index (κ1) is 15.8. The first-order chi connectivity index (χ1) is 9.63. The van der Waals surface area contributed by atoms with Gasteiger partial charge in [0.1, 0.15) is 5.82 Å². The van der Waals surface area contributed by atoms with Crippen LogP contribution in [-0.4, -0.2) is 12.6 Å². The van der Waals surface area contributed by atoms with Crippen molar-refractivity contribution in [2.75, 3.05) is 6.54 Å². The molecule has 0 spiro atoms. The Balaban J connectivity index is 2.07. The van der Waals surface area contributed by atoms with Gasteiger partial charge in [0.25, 0.3) is 0 Å². The van der Waals surface area contributed by atoms with Crippen LogP contribution in [0, 0.1) is 17.7 Å². The van der Waals surface area contributed by atoms with E-state index in [0.717, 1.165) is 24.4 Å². The van der Waals surface area contributed by atoms with Crippen LogP contribution in [0.1, 0.15) is 45.1 Å². The van der Waals surface area contributed by atoms with Crippen molar-refractivity contribution >= 4 is 11.6 Å². The van der Waals surface area contributed by atoms with Gasteiger partial charge in [0.05, 0.1) is 5.02 Å². The Morgan fingerprint density at radius 1 is 1.30 bits per heavy atom. The summed E-state index contributed by atoms with van der Waals surface area (Å²) in [6, 6.07) is 5.74. The van der Waals surface area contributed by atoms with E-state index >= 15 is 0 Å². The molecule has 112 valence electrons. The van der Waals surface area contributed by atoms with Gasteiger partial charge in [-0.05, 0) is 61.8 Å². The molecule has 0 aromatic heterocycles. The highest BCUT2D eigenvalue weighted by Gasteiger charge is 2.29. The number of hydrogen-bond donors (Lipinski definition) is 1. The second-order valence-electron chi connectivity index (χ2n) is 5.96. The number of halogens is 2. The predicted molar refractivity (Wildman–Crippen MR) is 83.7 cm³/mol. The summed E-state index contributed by atoms with van der Waals surface area (Å²) >= 11 is 5.89. The SMILES string of the molecule is CCNC1CCC(CC)CC1Cc1ccc(F)c(Cl)c1. The van der Waals surface area contributed by atoms with Crippen LogP contribution in [0.2, 0.25) is 5.02 Å². The van der Waals surface area contributed by atoms with E-state index in [9.17, 15) is 4.39 Å². The van der Waals surface area contributed by atoms with Crippen molar-refractivity contribution in [1.82, 2.24) is 5.32 Å². The Morgan fingerprint density at radius 2 is 2.10 bits per heavy atom. The zero-order valence-electron chi connectivity index (χ0n) is 12.5. The number of benzene rings is 1. The van der Waals surface area contributed by atoms with E-state index in [4.69, 9.17) is 11.6 Å². The first-order valence-corrected chi connectivity index (χ1v) is 8.19. The molecule has 1 fully saturated rings. The molecule has 1 nitrogen and oxygen atoms in total. The molecule has 0 heterocycles.